The summed E-state index contributed by atoms with van der Waals surface area (Å²) in [5.74, 6) is 2.84. The van der Waals surface area contributed by atoms with Crippen molar-refractivity contribution < 1.29 is 14.2 Å². The lowest BCUT2D eigenvalue weighted by molar-refractivity contribution is 0.201. The van der Waals surface area contributed by atoms with Crippen molar-refractivity contribution in [3.8, 4) is 34.2 Å². The molecule has 0 saturated heterocycles. The van der Waals surface area contributed by atoms with E-state index >= 15 is 0 Å². The molecule has 2 aromatic heterocycles. The molecule has 7 heteroatoms. The molecule has 0 amide bonds. The van der Waals surface area contributed by atoms with Crippen LogP contribution in [0.25, 0.3) is 28.0 Å². The van der Waals surface area contributed by atoms with Gasteiger partial charge in [-0.05, 0) is 85.3 Å². The number of rotatable bonds is 8. The van der Waals surface area contributed by atoms with Crippen LogP contribution in [0.4, 0.5) is 0 Å². The Labute approximate surface area is 227 Å². The van der Waals surface area contributed by atoms with E-state index in [4.69, 9.17) is 19.2 Å². The lowest BCUT2D eigenvalue weighted by Crippen LogP contribution is -2.24. The van der Waals surface area contributed by atoms with Crippen LogP contribution in [0.2, 0.25) is 0 Å². The summed E-state index contributed by atoms with van der Waals surface area (Å²) < 4.78 is 20.5. The van der Waals surface area contributed by atoms with Crippen molar-refractivity contribution in [2.45, 2.75) is 38.3 Å². The number of nitrogens with zero attached hydrogens (tertiary/aromatic N) is 3. The summed E-state index contributed by atoms with van der Waals surface area (Å²) in [7, 11) is 3.30. The van der Waals surface area contributed by atoms with Gasteiger partial charge in [0.2, 0.25) is 0 Å². The summed E-state index contributed by atoms with van der Waals surface area (Å²) >= 11 is 0. The molecule has 1 saturated carbocycles. The molecule has 7 nitrogen and oxygen atoms in total. The maximum absolute atomic E-state index is 13.7. The smallest absolute Gasteiger partial charge is 0.335 e. The van der Waals surface area contributed by atoms with Crippen LogP contribution in [0.1, 0.15) is 31.2 Å². The second kappa shape index (κ2) is 10.7. The number of methoxy groups -OCH3 is 2. The highest BCUT2D eigenvalue weighted by Crippen LogP contribution is 2.35. The number of pyridine rings is 1. The summed E-state index contributed by atoms with van der Waals surface area (Å²) in [6.07, 6.45) is 6.59. The van der Waals surface area contributed by atoms with Crippen molar-refractivity contribution in [1.82, 2.24) is 14.1 Å². The molecule has 5 aromatic rings. The van der Waals surface area contributed by atoms with Gasteiger partial charge < -0.3 is 14.2 Å². The quantitative estimate of drug-likeness (QED) is 0.242. The topological polar surface area (TPSA) is 67.5 Å². The zero-order valence-electron chi connectivity index (χ0n) is 22.2. The molecule has 0 radical (unpaired) electrons. The van der Waals surface area contributed by atoms with E-state index in [1.807, 2.05) is 78.9 Å². The molecule has 1 aliphatic rings. The van der Waals surface area contributed by atoms with Crippen LogP contribution >= 0.6 is 0 Å². The van der Waals surface area contributed by atoms with E-state index in [9.17, 15) is 4.79 Å². The Morgan fingerprint density at radius 3 is 2.26 bits per heavy atom. The Bertz CT molecular complexity index is 1650. The SMILES string of the molecule is COc1ccc(Cn2c(=O)n(-c3ccc(-c4ccc(OC)c(OC5CCCC5)c4)cn3)c3ccccc32)cc1. The van der Waals surface area contributed by atoms with Gasteiger partial charge in [0, 0.05) is 11.8 Å². The van der Waals surface area contributed by atoms with Gasteiger partial charge in [-0.1, -0.05) is 30.3 Å². The third-order valence-corrected chi connectivity index (χ3v) is 7.41. The Balaban J connectivity index is 1.33. The summed E-state index contributed by atoms with van der Waals surface area (Å²) in [5.41, 5.74) is 4.47. The van der Waals surface area contributed by atoms with Crippen LogP contribution in [-0.2, 0) is 6.54 Å². The van der Waals surface area contributed by atoms with Crippen molar-refractivity contribution in [3.63, 3.8) is 0 Å². The van der Waals surface area contributed by atoms with E-state index in [0.717, 1.165) is 57.8 Å². The molecule has 0 unspecified atom stereocenters. The van der Waals surface area contributed by atoms with Crippen molar-refractivity contribution in [3.05, 3.63) is 101 Å². The van der Waals surface area contributed by atoms with Crippen molar-refractivity contribution in [2.24, 2.45) is 0 Å². The normalized spacial score (nSPS) is 13.6. The van der Waals surface area contributed by atoms with Gasteiger partial charge in [-0.25, -0.2) is 14.3 Å². The number of imidazole rings is 1. The van der Waals surface area contributed by atoms with Crippen LogP contribution in [-0.4, -0.2) is 34.4 Å². The summed E-state index contributed by atoms with van der Waals surface area (Å²) in [6, 6.07) is 25.4. The molecule has 2 heterocycles. The second-order valence-corrected chi connectivity index (χ2v) is 9.84. The minimum Gasteiger partial charge on any atom is -0.497 e. The predicted octanol–water partition coefficient (Wildman–Crippen LogP) is 6.24. The summed E-state index contributed by atoms with van der Waals surface area (Å²) in [4.78, 5) is 18.4. The first-order valence-electron chi connectivity index (χ1n) is 13.3. The molecule has 0 bridgehead atoms. The molecule has 0 atom stereocenters. The number of ether oxygens (including phenoxy) is 3. The molecule has 0 aliphatic heterocycles. The lowest BCUT2D eigenvalue weighted by Gasteiger charge is -2.17. The van der Waals surface area contributed by atoms with Gasteiger partial charge in [-0.15, -0.1) is 0 Å². The van der Waals surface area contributed by atoms with Crippen LogP contribution in [0, 0.1) is 0 Å². The highest BCUT2D eigenvalue weighted by atomic mass is 16.5. The predicted molar refractivity (Wildman–Crippen MR) is 152 cm³/mol. The minimum atomic E-state index is -0.135. The average molecular weight is 522 g/mol. The summed E-state index contributed by atoms with van der Waals surface area (Å²) in [6.45, 7) is 0.448. The molecular formula is C32H31N3O4. The van der Waals surface area contributed by atoms with Gasteiger partial charge in [0.15, 0.2) is 11.5 Å². The minimum absolute atomic E-state index is 0.135. The lowest BCUT2D eigenvalue weighted by atomic mass is 10.1. The fourth-order valence-electron chi connectivity index (χ4n) is 5.32. The zero-order chi connectivity index (χ0) is 26.8. The first-order valence-corrected chi connectivity index (χ1v) is 13.3. The van der Waals surface area contributed by atoms with E-state index in [2.05, 4.69) is 0 Å². The van der Waals surface area contributed by atoms with E-state index in [-0.39, 0.29) is 11.8 Å². The van der Waals surface area contributed by atoms with Gasteiger partial charge in [-0.3, -0.25) is 4.57 Å². The Hall–Kier alpha value is -4.52. The van der Waals surface area contributed by atoms with E-state index in [1.54, 1.807) is 29.6 Å². The molecule has 1 fully saturated rings. The molecular weight excluding hydrogens is 490 g/mol. The van der Waals surface area contributed by atoms with Crippen molar-refractivity contribution >= 4 is 11.0 Å². The maximum Gasteiger partial charge on any atom is 0.335 e. The van der Waals surface area contributed by atoms with Crippen LogP contribution in [0.3, 0.4) is 0 Å². The Kier molecular flexibility index (Phi) is 6.80. The van der Waals surface area contributed by atoms with Gasteiger partial charge in [0.25, 0.3) is 0 Å². The van der Waals surface area contributed by atoms with E-state index < -0.39 is 0 Å². The number of fused-ring (bicyclic) bond motifs is 1. The Morgan fingerprint density at radius 2 is 1.56 bits per heavy atom. The summed E-state index contributed by atoms with van der Waals surface area (Å²) in [5, 5.41) is 0. The van der Waals surface area contributed by atoms with Gasteiger partial charge in [0.1, 0.15) is 11.6 Å². The molecule has 0 spiro atoms. The van der Waals surface area contributed by atoms with E-state index in [0.29, 0.717) is 12.4 Å². The second-order valence-electron chi connectivity index (χ2n) is 9.84. The standard InChI is InChI=1S/C32H31N3O4/c1-37-25-15-11-22(12-16-25)21-34-27-9-5-6-10-28(27)35(32(34)36)31-18-14-24(20-33-31)23-13-17-29(38-2)30(19-23)39-26-7-3-4-8-26/h5-6,9-20,26H,3-4,7-8,21H2,1-2H3. The van der Waals surface area contributed by atoms with Crippen LogP contribution < -0.4 is 19.9 Å². The average Bonchev–Trinajstić information content (AvgIpc) is 3.59. The maximum atomic E-state index is 13.7. The van der Waals surface area contributed by atoms with Gasteiger partial charge in [0.05, 0.1) is 37.9 Å². The molecule has 3 aromatic carbocycles. The fraction of sp³-hybridized carbons (Fsp3) is 0.250. The largest absolute Gasteiger partial charge is 0.497 e. The number of para-hydroxylation sites is 2. The van der Waals surface area contributed by atoms with E-state index in [1.165, 1.54) is 12.8 Å². The first kappa shape index (κ1) is 24.8. The van der Waals surface area contributed by atoms with Crippen LogP contribution in [0.5, 0.6) is 17.2 Å². The van der Waals surface area contributed by atoms with Crippen LogP contribution in [0.15, 0.2) is 89.9 Å². The zero-order valence-corrected chi connectivity index (χ0v) is 22.2. The number of benzene rings is 3. The highest BCUT2D eigenvalue weighted by Gasteiger charge is 2.19. The third-order valence-electron chi connectivity index (χ3n) is 7.41. The molecule has 39 heavy (non-hydrogen) atoms. The van der Waals surface area contributed by atoms with Crippen molar-refractivity contribution in [1.29, 1.82) is 0 Å². The molecule has 6 rings (SSSR count). The van der Waals surface area contributed by atoms with Gasteiger partial charge >= 0.3 is 5.69 Å². The number of aromatic nitrogens is 3. The molecule has 0 N–H and O–H groups in total. The number of hydrogen-bond acceptors (Lipinski definition) is 5. The molecule has 198 valence electrons. The van der Waals surface area contributed by atoms with Crippen molar-refractivity contribution in [2.75, 3.05) is 14.2 Å². The fourth-order valence-corrected chi connectivity index (χ4v) is 5.32. The molecule has 1 aliphatic carbocycles. The first-order chi connectivity index (χ1) is 19.1. The monoisotopic (exact) mass is 521 g/mol. The Morgan fingerprint density at radius 1 is 0.821 bits per heavy atom. The third kappa shape index (κ3) is 4.88. The highest BCUT2D eigenvalue weighted by molar-refractivity contribution is 5.78. The number of hydrogen-bond donors (Lipinski definition) is 0. The van der Waals surface area contributed by atoms with Gasteiger partial charge in [-0.2, -0.15) is 0 Å².